The van der Waals surface area contributed by atoms with Crippen LogP contribution in [-0.2, 0) is 14.8 Å². The Labute approximate surface area is 142 Å². The molecule has 0 aliphatic carbocycles. The van der Waals surface area contributed by atoms with Gasteiger partial charge >= 0.3 is 0 Å². The van der Waals surface area contributed by atoms with Crippen LogP contribution in [0.25, 0.3) is 0 Å². The Balaban J connectivity index is 2.17. The maximum Gasteiger partial charge on any atom is 0.245 e. The number of hydrogen-bond donors (Lipinski definition) is 1. The number of nitrogens with zero attached hydrogens (tertiary/aromatic N) is 2. The third kappa shape index (κ3) is 4.67. The summed E-state index contributed by atoms with van der Waals surface area (Å²) in [6.07, 6.45) is 4.15. The number of carbonyl (C=O) groups is 1. The standard InChI is InChI=1S/C14H14IN3O3S/c1-22(20,21)18(13-6-4-11(15)5-7-13)10-14(19)17-12-3-2-8-16-9-12/h2-9H,10H2,1H3,(H,17,19). The molecule has 2 aromatic rings. The molecule has 0 saturated heterocycles. The molecule has 0 aliphatic rings. The number of benzene rings is 1. The molecule has 0 aliphatic heterocycles. The summed E-state index contributed by atoms with van der Waals surface area (Å²) in [5, 5.41) is 2.62. The Morgan fingerprint density at radius 2 is 1.95 bits per heavy atom. The van der Waals surface area contributed by atoms with Crippen LogP contribution < -0.4 is 9.62 Å². The van der Waals surface area contributed by atoms with Crippen molar-refractivity contribution in [2.45, 2.75) is 0 Å². The number of pyridine rings is 1. The summed E-state index contributed by atoms with van der Waals surface area (Å²) < 4.78 is 25.9. The molecule has 0 spiro atoms. The van der Waals surface area contributed by atoms with Gasteiger partial charge in [-0.15, -0.1) is 0 Å². The first kappa shape index (κ1) is 16.7. The van der Waals surface area contributed by atoms with Crippen LogP contribution in [-0.4, -0.2) is 32.1 Å². The van der Waals surface area contributed by atoms with Crippen molar-refractivity contribution in [1.82, 2.24) is 4.98 Å². The fourth-order valence-corrected chi connectivity index (χ4v) is 2.99. The predicted octanol–water partition coefficient (Wildman–Crippen LogP) is 2.09. The third-order valence-corrected chi connectivity index (χ3v) is 4.61. The highest BCUT2D eigenvalue weighted by Crippen LogP contribution is 2.19. The molecule has 22 heavy (non-hydrogen) atoms. The van der Waals surface area contributed by atoms with Crippen LogP contribution in [0.4, 0.5) is 11.4 Å². The normalized spacial score (nSPS) is 11.0. The smallest absolute Gasteiger partial charge is 0.245 e. The molecule has 6 nitrogen and oxygen atoms in total. The van der Waals surface area contributed by atoms with E-state index in [4.69, 9.17) is 0 Å². The molecule has 1 heterocycles. The van der Waals surface area contributed by atoms with Crippen molar-refractivity contribution in [3.63, 3.8) is 0 Å². The van der Waals surface area contributed by atoms with Crippen LogP contribution in [0, 0.1) is 3.57 Å². The summed E-state index contributed by atoms with van der Waals surface area (Å²) in [6.45, 7) is -0.297. The predicted molar refractivity (Wildman–Crippen MR) is 94.2 cm³/mol. The second-order valence-corrected chi connectivity index (χ2v) is 7.69. The monoisotopic (exact) mass is 431 g/mol. The van der Waals surface area contributed by atoms with Gasteiger partial charge in [0.05, 0.1) is 23.8 Å². The van der Waals surface area contributed by atoms with Crippen molar-refractivity contribution in [2.24, 2.45) is 0 Å². The van der Waals surface area contributed by atoms with Crippen LogP contribution in [0.2, 0.25) is 0 Å². The van der Waals surface area contributed by atoms with E-state index in [0.29, 0.717) is 11.4 Å². The van der Waals surface area contributed by atoms with E-state index in [1.54, 1.807) is 42.6 Å². The zero-order valence-corrected chi connectivity index (χ0v) is 14.7. The Kier molecular flexibility index (Phi) is 5.35. The van der Waals surface area contributed by atoms with Crippen LogP contribution in [0.15, 0.2) is 48.8 Å². The third-order valence-electron chi connectivity index (χ3n) is 2.75. The van der Waals surface area contributed by atoms with Gasteiger partial charge in [-0.25, -0.2) is 8.42 Å². The van der Waals surface area contributed by atoms with Crippen molar-refractivity contribution in [1.29, 1.82) is 0 Å². The second-order valence-electron chi connectivity index (χ2n) is 4.54. The quantitative estimate of drug-likeness (QED) is 0.736. The van der Waals surface area contributed by atoms with Crippen molar-refractivity contribution < 1.29 is 13.2 Å². The van der Waals surface area contributed by atoms with Gasteiger partial charge in [0.15, 0.2) is 0 Å². The molecular weight excluding hydrogens is 417 g/mol. The van der Waals surface area contributed by atoms with Crippen LogP contribution in [0.5, 0.6) is 0 Å². The molecule has 0 unspecified atom stereocenters. The van der Waals surface area contributed by atoms with Crippen molar-refractivity contribution >= 4 is 49.9 Å². The lowest BCUT2D eigenvalue weighted by Gasteiger charge is -2.21. The number of amides is 1. The fourth-order valence-electron chi connectivity index (χ4n) is 1.78. The number of halogens is 1. The van der Waals surface area contributed by atoms with E-state index in [9.17, 15) is 13.2 Å². The van der Waals surface area contributed by atoms with Crippen LogP contribution in [0.3, 0.4) is 0 Å². The Morgan fingerprint density at radius 1 is 1.27 bits per heavy atom. The summed E-state index contributed by atoms with van der Waals surface area (Å²) in [5.74, 6) is -0.433. The number of anilines is 2. The van der Waals surface area contributed by atoms with Gasteiger partial charge in [0.2, 0.25) is 15.9 Å². The number of rotatable bonds is 5. The summed E-state index contributed by atoms with van der Waals surface area (Å²) >= 11 is 2.13. The van der Waals surface area contributed by atoms with Gasteiger partial charge in [0.1, 0.15) is 6.54 Å². The SMILES string of the molecule is CS(=O)(=O)N(CC(=O)Nc1cccnc1)c1ccc(I)cc1. The van der Waals surface area contributed by atoms with Gasteiger partial charge < -0.3 is 5.32 Å². The maximum absolute atomic E-state index is 12.1. The minimum atomic E-state index is -3.56. The molecule has 0 saturated carbocycles. The number of nitrogens with one attached hydrogen (secondary N) is 1. The number of aromatic nitrogens is 1. The molecule has 0 bridgehead atoms. The van der Waals surface area contributed by atoms with Gasteiger partial charge in [-0.3, -0.25) is 14.1 Å². The van der Waals surface area contributed by atoms with Gasteiger partial charge in [0.25, 0.3) is 0 Å². The summed E-state index contributed by atoms with van der Waals surface area (Å²) in [6, 6.07) is 10.3. The van der Waals surface area contributed by atoms with Gasteiger partial charge in [0, 0.05) is 9.77 Å². The largest absolute Gasteiger partial charge is 0.323 e. The van der Waals surface area contributed by atoms with E-state index in [2.05, 4.69) is 32.9 Å². The molecule has 0 fully saturated rings. The topological polar surface area (TPSA) is 79.4 Å². The Hall–Kier alpha value is -1.68. The van der Waals surface area contributed by atoms with E-state index < -0.39 is 15.9 Å². The average molecular weight is 431 g/mol. The molecule has 0 atom stereocenters. The zero-order valence-electron chi connectivity index (χ0n) is 11.7. The molecule has 2 rings (SSSR count). The lowest BCUT2D eigenvalue weighted by molar-refractivity contribution is -0.114. The van der Waals surface area contributed by atoms with E-state index in [0.717, 1.165) is 14.1 Å². The molecular formula is C14H14IN3O3S. The van der Waals surface area contributed by atoms with E-state index >= 15 is 0 Å². The van der Waals surface area contributed by atoms with Crippen molar-refractivity contribution in [3.8, 4) is 0 Å². The highest BCUT2D eigenvalue weighted by atomic mass is 127. The second kappa shape index (κ2) is 7.05. The van der Waals surface area contributed by atoms with E-state index in [-0.39, 0.29) is 6.54 Å². The van der Waals surface area contributed by atoms with Crippen LogP contribution in [0.1, 0.15) is 0 Å². The van der Waals surface area contributed by atoms with Gasteiger partial charge in [-0.1, -0.05) is 0 Å². The van der Waals surface area contributed by atoms with E-state index in [1.807, 2.05) is 0 Å². The average Bonchev–Trinajstić information content (AvgIpc) is 2.46. The van der Waals surface area contributed by atoms with Gasteiger partial charge in [-0.2, -0.15) is 0 Å². The van der Waals surface area contributed by atoms with Crippen molar-refractivity contribution in [2.75, 3.05) is 22.4 Å². The number of hydrogen-bond acceptors (Lipinski definition) is 4. The Bertz CT molecular complexity index is 749. The first-order chi connectivity index (χ1) is 10.4. The lowest BCUT2D eigenvalue weighted by atomic mass is 10.3. The van der Waals surface area contributed by atoms with Crippen molar-refractivity contribution in [3.05, 3.63) is 52.4 Å². The molecule has 1 aromatic carbocycles. The number of sulfonamides is 1. The van der Waals surface area contributed by atoms with Crippen LogP contribution >= 0.6 is 22.6 Å². The first-order valence-corrected chi connectivity index (χ1v) is 9.22. The zero-order chi connectivity index (χ0) is 16.2. The molecule has 0 radical (unpaired) electrons. The minimum Gasteiger partial charge on any atom is -0.323 e. The summed E-state index contributed by atoms with van der Waals surface area (Å²) in [5.41, 5.74) is 0.966. The Morgan fingerprint density at radius 3 is 2.50 bits per heavy atom. The highest BCUT2D eigenvalue weighted by molar-refractivity contribution is 14.1. The fraction of sp³-hybridized carbons (Fsp3) is 0.143. The maximum atomic E-state index is 12.1. The van der Waals surface area contributed by atoms with E-state index in [1.165, 1.54) is 6.20 Å². The summed E-state index contributed by atoms with van der Waals surface area (Å²) in [7, 11) is -3.56. The summed E-state index contributed by atoms with van der Waals surface area (Å²) in [4.78, 5) is 15.9. The molecule has 1 aromatic heterocycles. The minimum absolute atomic E-state index is 0.297. The molecule has 116 valence electrons. The highest BCUT2D eigenvalue weighted by Gasteiger charge is 2.20. The van der Waals surface area contributed by atoms with Gasteiger partial charge in [-0.05, 0) is 59.0 Å². The number of carbonyl (C=O) groups excluding carboxylic acids is 1. The molecule has 1 amide bonds. The molecule has 8 heteroatoms. The first-order valence-electron chi connectivity index (χ1n) is 6.29. The lowest BCUT2D eigenvalue weighted by Crippen LogP contribution is -2.37. The molecule has 1 N–H and O–H groups in total.